The van der Waals surface area contributed by atoms with Crippen LogP contribution < -0.4 is 5.73 Å². The summed E-state index contributed by atoms with van der Waals surface area (Å²) in [5.41, 5.74) is 6.90. The number of nitrogens with two attached hydrogens (primary N) is 1. The Morgan fingerprint density at radius 2 is 2.09 bits per heavy atom. The molecule has 1 atom stereocenters. The molecule has 0 saturated heterocycles. The molecule has 1 unspecified atom stereocenters. The largest absolute Gasteiger partial charge is 0.323 e. The molecule has 0 saturated carbocycles. The molecule has 2 N–H and O–H groups in total. The summed E-state index contributed by atoms with van der Waals surface area (Å²) in [6, 6.07) is 7.96. The zero-order valence-electron chi connectivity index (χ0n) is 6.00. The first-order chi connectivity index (χ1) is 5.25. The molecule has 0 bridgehead atoms. The third kappa shape index (κ3) is 2.22. The number of hydrogen-bond acceptors (Lipinski definition) is 2. The Balaban J connectivity index is 2.93. The van der Waals surface area contributed by atoms with Crippen molar-refractivity contribution in [3.05, 3.63) is 34.3 Å². The highest BCUT2D eigenvalue weighted by atomic mass is 79.9. The topological polar surface area (TPSA) is 26.0 Å². The van der Waals surface area contributed by atoms with E-state index in [2.05, 4.69) is 28.6 Å². The fourth-order valence-electron chi connectivity index (χ4n) is 0.874. The summed E-state index contributed by atoms with van der Waals surface area (Å²) in [6.07, 6.45) is 0. The van der Waals surface area contributed by atoms with Gasteiger partial charge in [0.05, 0.1) is 0 Å². The highest BCUT2D eigenvalue weighted by molar-refractivity contribution is 9.10. The van der Waals surface area contributed by atoms with E-state index in [0.29, 0.717) is 5.75 Å². The molecular weight excluding hydrogens is 222 g/mol. The summed E-state index contributed by atoms with van der Waals surface area (Å²) >= 11 is 7.55. The Morgan fingerprint density at radius 1 is 1.45 bits per heavy atom. The predicted octanol–water partition coefficient (Wildman–Crippen LogP) is 2.38. The van der Waals surface area contributed by atoms with Crippen LogP contribution >= 0.6 is 28.6 Å². The van der Waals surface area contributed by atoms with E-state index >= 15 is 0 Å². The van der Waals surface area contributed by atoms with E-state index in [-0.39, 0.29) is 6.04 Å². The molecule has 0 aliphatic heterocycles. The van der Waals surface area contributed by atoms with Crippen LogP contribution in [0.4, 0.5) is 0 Å². The number of hydrogen-bond donors (Lipinski definition) is 2. The van der Waals surface area contributed by atoms with Gasteiger partial charge in [-0.15, -0.1) is 0 Å². The third-order valence-corrected chi connectivity index (χ3v) is 2.62. The van der Waals surface area contributed by atoms with Gasteiger partial charge in [0.25, 0.3) is 0 Å². The van der Waals surface area contributed by atoms with Crippen molar-refractivity contribution in [2.45, 2.75) is 6.04 Å². The van der Waals surface area contributed by atoms with Gasteiger partial charge in [-0.1, -0.05) is 34.1 Å². The average Bonchev–Trinajstić information content (AvgIpc) is 2.04. The lowest BCUT2D eigenvalue weighted by molar-refractivity contribution is 0.829. The summed E-state index contributed by atoms with van der Waals surface area (Å²) in [5.74, 6) is 0.669. The second-order valence-corrected chi connectivity index (χ2v) is 3.53. The molecule has 11 heavy (non-hydrogen) atoms. The maximum Gasteiger partial charge on any atom is 0.0395 e. The standard InChI is InChI=1S/C8H10BrNS/c9-7-4-2-1-3-6(7)8(10)5-11/h1-4,8,11H,5,10H2. The summed E-state index contributed by atoms with van der Waals surface area (Å²) < 4.78 is 1.06. The van der Waals surface area contributed by atoms with Gasteiger partial charge < -0.3 is 5.73 Å². The first-order valence-electron chi connectivity index (χ1n) is 3.36. The van der Waals surface area contributed by atoms with E-state index in [4.69, 9.17) is 5.73 Å². The van der Waals surface area contributed by atoms with E-state index in [1.54, 1.807) is 0 Å². The monoisotopic (exact) mass is 231 g/mol. The Bertz CT molecular complexity index is 239. The molecule has 0 aliphatic rings. The lowest BCUT2D eigenvalue weighted by Gasteiger charge is -2.09. The van der Waals surface area contributed by atoms with Crippen LogP contribution in [0, 0.1) is 0 Å². The fourth-order valence-corrected chi connectivity index (χ4v) is 1.65. The number of halogens is 1. The van der Waals surface area contributed by atoms with Crippen molar-refractivity contribution in [1.82, 2.24) is 0 Å². The first kappa shape index (κ1) is 9.10. The van der Waals surface area contributed by atoms with Crippen molar-refractivity contribution in [2.75, 3.05) is 5.75 Å². The van der Waals surface area contributed by atoms with Gasteiger partial charge >= 0.3 is 0 Å². The number of thiol groups is 1. The molecule has 0 fully saturated rings. The minimum absolute atomic E-state index is 0.0221. The van der Waals surface area contributed by atoms with Gasteiger partial charge in [-0.3, -0.25) is 0 Å². The first-order valence-corrected chi connectivity index (χ1v) is 4.79. The van der Waals surface area contributed by atoms with E-state index < -0.39 is 0 Å². The Morgan fingerprint density at radius 3 is 2.64 bits per heavy atom. The van der Waals surface area contributed by atoms with Crippen molar-refractivity contribution in [2.24, 2.45) is 5.73 Å². The Hall–Kier alpha value is 0.01000. The van der Waals surface area contributed by atoms with Crippen molar-refractivity contribution in [3.63, 3.8) is 0 Å². The maximum absolute atomic E-state index is 5.79. The Labute approximate surface area is 80.5 Å². The van der Waals surface area contributed by atoms with Crippen molar-refractivity contribution < 1.29 is 0 Å². The summed E-state index contributed by atoms with van der Waals surface area (Å²) in [5, 5.41) is 0. The molecule has 1 nitrogen and oxygen atoms in total. The molecule has 1 rings (SSSR count). The number of rotatable bonds is 2. The molecular formula is C8H10BrNS. The van der Waals surface area contributed by atoms with E-state index in [0.717, 1.165) is 10.0 Å². The molecule has 1 aromatic rings. The zero-order chi connectivity index (χ0) is 8.27. The van der Waals surface area contributed by atoms with Gasteiger partial charge in [0.15, 0.2) is 0 Å². The van der Waals surface area contributed by atoms with Crippen LogP contribution in [0.5, 0.6) is 0 Å². The van der Waals surface area contributed by atoms with Crippen LogP contribution in [0.3, 0.4) is 0 Å². The molecule has 0 spiro atoms. The van der Waals surface area contributed by atoms with E-state index in [1.807, 2.05) is 24.3 Å². The van der Waals surface area contributed by atoms with Crippen LogP contribution in [0.25, 0.3) is 0 Å². The van der Waals surface area contributed by atoms with Gasteiger partial charge in [-0.2, -0.15) is 12.6 Å². The SMILES string of the molecule is NC(CS)c1ccccc1Br. The van der Waals surface area contributed by atoms with E-state index in [9.17, 15) is 0 Å². The highest BCUT2D eigenvalue weighted by Crippen LogP contribution is 2.21. The van der Waals surface area contributed by atoms with Gasteiger partial charge in [-0.25, -0.2) is 0 Å². The van der Waals surface area contributed by atoms with Gasteiger partial charge in [0, 0.05) is 16.3 Å². The summed E-state index contributed by atoms with van der Waals surface area (Å²) in [6.45, 7) is 0. The van der Waals surface area contributed by atoms with Crippen LogP contribution in [-0.2, 0) is 0 Å². The van der Waals surface area contributed by atoms with E-state index in [1.165, 1.54) is 0 Å². The maximum atomic E-state index is 5.79. The molecule has 0 heterocycles. The zero-order valence-corrected chi connectivity index (χ0v) is 8.48. The lowest BCUT2D eigenvalue weighted by Crippen LogP contribution is -2.11. The summed E-state index contributed by atoms with van der Waals surface area (Å²) in [7, 11) is 0. The van der Waals surface area contributed by atoms with Crippen LogP contribution in [0.15, 0.2) is 28.7 Å². The molecule has 0 radical (unpaired) electrons. The molecule has 1 aromatic carbocycles. The Kier molecular flexibility index (Phi) is 3.43. The smallest absolute Gasteiger partial charge is 0.0395 e. The predicted molar refractivity (Wildman–Crippen MR) is 54.9 cm³/mol. The summed E-state index contributed by atoms with van der Waals surface area (Å²) in [4.78, 5) is 0. The normalized spacial score (nSPS) is 13.0. The molecule has 0 amide bonds. The minimum atomic E-state index is 0.0221. The van der Waals surface area contributed by atoms with Crippen LogP contribution in [0.2, 0.25) is 0 Å². The average molecular weight is 232 g/mol. The second-order valence-electron chi connectivity index (χ2n) is 2.31. The van der Waals surface area contributed by atoms with Crippen LogP contribution in [-0.4, -0.2) is 5.75 Å². The van der Waals surface area contributed by atoms with Crippen molar-refractivity contribution >= 4 is 28.6 Å². The third-order valence-electron chi connectivity index (χ3n) is 1.50. The molecule has 0 aliphatic carbocycles. The quantitative estimate of drug-likeness (QED) is 0.752. The van der Waals surface area contributed by atoms with Gasteiger partial charge in [0.2, 0.25) is 0 Å². The molecule has 3 heteroatoms. The van der Waals surface area contributed by atoms with Gasteiger partial charge in [0.1, 0.15) is 0 Å². The fraction of sp³-hybridized carbons (Fsp3) is 0.250. The highest BCUT2D eigenvalue weighted by Gasteiger charge is 2.05. The lowest BCUT2D eigenvalue weighted by atomic mass is 10.1. The van der Waals surface area contributed by atoms with Crippen molar-refractivity contribution in [1.29, 1.82) is 0 Å². The van der Waals surface area contributed by atoms with Gasteiger partial charge in [-0.05, 0) is 11.6 Å². The molecule has 0 aromatic heterocycles. The number of benzene rings is 1. The van der Waals surface area contributed by atoms with Crippen molar-refractivity contribution in [3.8, 4) is 0 Å². The molecule has 60 valence electrons. The van der Waals surface area contributed by atoms with Crippen LogP contribution in [0.1, 0.15) is 11.6 Å². The minimum Gasteiger partial charge on any atom is -0.323 e. The second kappa shape index (κ2) is 4.14.